The zero-order valence-electron chi connectivity index (χ0n) is 23.7. The van der Waals surface area contributed by atoms with Crippen molar-refractivity contribution in [1.29, 1.82) is 0 Å². The van der Waals surface area contributed by atoms with Crippen molar-refractivity contribution in [2.75, 3.05) is 26.4 Å². The van der Waals surface area contributed by atoms with E-state index >= 15 is 0 Å². The van der Waals surface area contributed by atoms with E-state index < -0.39 is 112 Å². The minimum Gasteiger partial charge on any atom is -0.394 e. The van der Waals surface area contributed by atoms with E-state index in [4.69, 9.17) is 28.4 Å². The van der Waals surface area contributed by atoms with Crippen LogP contribution < -0.4 is 0 Å². The number of hydrogen-bond donors (Lipinski definition) is 10. The van der Waals surface area contributed by atoms with E-state index in [0.29, 0.717) is 6.42 Å². The van der Waals surface area contributed by atoms with E-state index in [1.54, 1.807) is 0 Å². The molecule has 16 nitrogen and oxygen atoms in total. The Hall–Kier alpha value is -0.640. The first-order valence-corrected chi connectivity index (χ1v) is 14.6. The molecule has 3 saturated heterocycles. The average molecular weight is 617 g/mol. The Kier molecular flexibility index (Phi) is 14.6. The van der Waals surface area contributed by atoms with E-state index in [2.05, 4.69) is 6.92 Å². The smallest absolute Gasteiger partial charge is 0.187 e. The van der Waals surface area contributed by atoms with E-state index in [-0.39, 0.29) is 6.61 Å². The number of aliphatic hydroxyl groups is 10. The minimum atomic E-state index is -1.81. The Morgan fingerprint density at radius 1 is 0.500 bits per heavy atom. The molecule has 3 aliphatic rings. The molecule has 3 fully saturated rings. The van der Waals surface area contributed by atoms with Gasteiger partial charge in [0.1, 0.15) is 73.2 Å². The summed E-state index contributed by atoms with van der Waals surface area (Å²) >= 11 is 0. The summed E-state index contributed by atoms with van der Waals surface area (Å²) in [6.45, 7) is 0.394. The molecule has 0 unspecified atom stereocenters. The van der Waals surface area contributed by atoms with Gasteiger partial charge in [0.15, 0.2) is 18.9 Å². The lowest BCUT2D eigenvalue weighted by Gasteiger charge is -2.46. The van der Waals surface area contributed by atoms with Gasteiger partial charge in [-0.15, -0.1) is 0 Å². The van der Waals surface area contributed by atoms with Crippen molar-refractivity contribution < 1.29 is 79.5 Å². The highest BCUT2D eigenvalue weighted by atomic mass is 16.7. The van der Waals surface area contributed by atoms with Gasteiger partial charge < -0.3 is 79.5 Å². The first-order chi connectivity index (χ1) is 20.0. The number of unbranched alkanes of at least 4 members (excludes halogenated alkanes) is 5. The number of ether oxygens (including phenoxy) is 6. The van der Waals surface area contributed by atoms with E-state index in [0.717, 1.165) is 32.1 Å². The van der Waals surface area contributed by atoms with E-state index in [1.807, 2.05) is 0 Å². The molecule has 3 aliphatic heterocycles. The molecule has 0 spiro atoms. The Morgan fingerprint density at radius 2 is 1.00 bits per heavy atom. The molecule has 0 aromatic carbocycles. The third-order valence-electron chi connectivity index (χ3n) is 7.83. The molecule has 248 valence electrons. The van der Waals surface area contributed by atoms with Crippen LogP contribution in [0.15, 0.2) is 0 Å². The summed E-state index contributed by atoms with van der Waals surface area (Å²) in [5, 5.41) is 102. The van der Waals surface area contributed by atoms with Crippen LogP contribution in [0, 0.1) is 0 Å². The van der Waals surface area contributed by atoms with Crippen molar-refractivity contribution in [1.82, 2.24) is 0 Å². The molecule has 42 heavy (non-hydrogen) atoms. The summed E-state index contributed by atoms with van der Waals surface area (Å²) in [5.74, 6) is 0. The Labute approximate surface area is 243 Å². The molecule has 0 radical (unpaired) electrons. The maximum atomic E-state index is 11.1. The fourth-order valence-corrected chi connectivity index (χ4v) is 5.15. The summed E-state index contributed by atoms with van der Waals surface area (Å²) in [6.07, 6.45) is -17.7. The third kappa shape index (κ3) is 8.75. The van der Waals surface area contributed by atoms with Gasteiger partial charge in [-0.2, -0.15) is 0 Å². The van der Waals surface area contributed by atoms with Gasteiger partial charge >= 0.3 is 0 Å². The summed E-state index contributed by atoms with van der Waals surface area (Å²) in [6, 6.07) is 0. The molecular weight excluding hydrogens is 568 g/mol. The SMILES string of the molecule is CCCCCCCCO[C@@H]1O[C@H](CO[C@H]2O[C@H](CO)[C@@H](O)[C@H](O)[C@@H]2O)[C@@H](O)[C@H](O[C@H]2O[C@H](CO)[C@@H](O)[C@H](O)[C@@H]2O)[C@@H]1O. The quantitative estimate of drug-likeness (QED) is 0.0783. The predicted octanol–water partition coefficient (Wildman–Crippen LogP) is -4.19. The van der Waals surface area contributed by atoms with Crippen molar-refractivity contribution in [3.63, 3.8) is 0 Å². The number of rotatable bonds is 15. The van der Waals surface area contributed by atoms with Crippen molar-refractivity contribution in [3.05, 3.63) is 0 Å². The van der Waals surface area contributed by atoms with Gasteiger partial charge in [-0.3, -0.25) is 0 Å². The highest BCUT2D eigenvalue weighted by molar-refractivity contribution is 4.95. The normalized spacial score (nSPS) is 44.8. The van der Waals surface area contributed by atoms with Gasteiger partial charge in [-0.25, -0.2) is 0 Å². The molecule has 0 aromatic rings. The van der Waals surface area contributed by atoms with Crippen molar-refractivity contribution >= 4 is 0 Å². The maximum Gasteiger partial charge on any atom is 0.187 e. The highest BCUT2D eigenvalue weighted by Gasteiger charge is 2.52. The Morgan fingerprint density at radius 3 is 1.60 bits per heavy atom. The lowest BCUT2D eigenvalue weighted by molar-refractivity contribution is -0.366. The molecule has 15 atom stereocenters. The zero-order valence-corrected chi connectivity index (χ0v) is 23.7. The van der Waals surface area contributed by atoms with Gasteiger partial charge in [0.25, 0.3) is 0 Å². The first kappa shape index (κ1) is 35.8. The lowest BCUT2D eigenvalue weighted by atomic mass is 9.96. The third-order valence-corrected chi connectivity index (χ3v) is 7.83. The molecule has 0 aromatic heterocycles. The summed E-state index contributed by atoms with van der Waals surface area (Å²) in [4.78, 5) is 0. The maximum absolute atomic E-state index is 11.1. The molecule has 3 heterocycles. The van der Waals surface area contributed by atoms with Crippen LogP contribution >= 0.6 is 0 Å². The van der Waals surface area contributed by atoms with Crippen LogP contribution in [-0.4, -0.2) is 170 Å². The fourth-order valence-electron chi connectivity index (χ4n) is 5.15. The summed E-state index contributed by atoms with van der Waals surface area (Å²) in [5.41, 5.74) is 0. The van der Waals surface area contributed by atoms with Crippen LogP contribution in [0.3, 0.4) is 0 Å². The average Bonchev–Trinajstić information content (AvgIpc) is 2.98. The second-order valence-corrected chi connectivity index (χ2v) is 11.0. The molecular formula is C26H48O16. The molecule has 3 rings (SSSR count). The number of hydrogen-bond acceptors (Lipinski definition) is 16. The predicted molar refractivity (Wildman–Crippen MR) is 138 cm³/mol. The molecule has 0 saturated carbocycles. The van der Waals surface area contributed by atoms with Crippen molar-refractivity contribution in [3.8, 4) is 0 Å². The summed E-state index contributed by atoms with van der Waals surface area (Å²) in [7, 11) is 0. The zero-order chi connectivity index (χ0) is 31.0. The Balaban J connectivity index is 1.69. The van der Waals surface area contributed by atoms with E-state index in [1.165, 1.54) is 0 Å². The first-order valence-electron chi connectivity index (χ1n) is 14.6. The molecule has 16 heteroatoms. The monoisotopic (exact) mass is 616 g/mol. The van der Waals surface area contributed by atoms with Gasteiger partial charge in [0, 0.05) is 6.61 Å². The fraction of sp³-hybridized carbons (Fsp3) is 1.00. The van der Waals surface area contributed by atoms with Gasteiger partial charge in [-0.1, -0.05) is 39.0 Å². The van der Waals surface area contributed by atoms with Crippen molar-refractivity contribution in [2.24, 2.45) is 0 Å². The van der Waals surface area contributed by atoms with Crippen LogP contribution in [-0.2, 0) is 28.4 Å². The van der Waals surface area contributed by atoms with Crippen LogP contribution in [0.25, 0.3) is 0 Å². The van der Waals surface area contributed by atoms with Gasteiger partial charge in [0.2, 0.25) is 0 Å². The van der Waals surface area contributed by atoms with Crippen LogP contribution in [0.1, 0.15) is 45.4 Å². The van der Waals surface area contributed by atoms with Crippen molar-refractivity contribution in [2.45, 2.75) is 138 Å². The molecule has 0 bridgehead atoms. The van der Waals surface area contributed by atoms with Crippen LogP contribution in [0.5, 0.6) is 0 Å². The van der Waals surface area contributed by atoms with Crippen LogP contribution in [0.4, 0.5) is 0 Å². The second-order valence-electron chi connectivity index (χ2n) is 11.0. The number of aliphatic hydroxyl groups excluding tert-OH is 10. The molecule has 0 aliphatic carbocycles. The lowest BCUT2D eigenvalue weighted by Crippen LogP contribution is -2.65. The van der Waals surface area contributed by atoms with Gasteiger partial charge in [0.05, 0.1) is 19.8 Å². The van der Waals surface area contributed by atoms with E-state index in [9.17, 15) is 51.1 Å². The summed E-state index contributed by atoms with van der Waals surface area (Å²) < 4.78 is 33.4. The Bertz CT molecular complexity index is 760. The largest absolute Gasteiger partial charge is 0.394 e. The van der Waals surface area contributed by atoms with Gasteiger partial charge in [-0.05, 0) is 6.42 Å². The highest BCUT2D eigenvalue weighted by Crippen LogP contribution is 2.31. The standard InChI is InChI=1S/C26H48O16/c1-2-3-4-5-6-7-8-37-25-22(36)23(42-26-21(35)19(33)16(30)13(10-28)40-26)17(31)14(41-25)11-38-24-20(34)18(32)15(29)12(9-27)39-24/h12-36H,2-11H2,1H3/t12-,13-,14-,15-,16-,17-,18+,19+,20+,21+,22+,23+,24+,25-,26-/m1/s1. The second kappa shape index (κ2) is 17.2. The van der Waals surface area contributed by atoms with Crippen LogP contribution in [0.2, 0.25) is 0 Å². The molecule has 0 amide bonds. The minimum absolute atomic E-state index is 0.191. The topological polar surface area (TPSA) is 258 Å². The molecule has 10 N–H and O–H groups in total.